The summed E-state index contributed by atoms with van der Waals surface area (Å²) in [6.07, 6.45) is 5.40. The predicted octanol–water partition coefficient (Wildman–Crippen LogP) is 3.94. The summed E-state index contributed by atoms with van der Waals surface area (Å²) in [4.78, 5) is 12.6. The van der Waals surface area contributed by atoms with Gasteiger partial charge in [-0.1, -0.05) is 36.7 Å². The van der Waals surface area contributed by atoms with Gasteiger partial charge in [-0.3, -0.25) is 9.89 Å². The maximum Gasteiger partial charge on any atom is 0.191 e. The van der Waals surface area contributed by atoms with E-state index in [1.54, 1.807) is 11.3 Å². The first-order valence-corrected chi connectivity index (χ1v) is 11.2. The molecule has 2 N–H and O–H groups in total. The first-order chi connectivity index (χ1) is 13.7. The van der Waals surface area contributed by atoms with Gasteiger partial charge < -0.3 is 10.6 Å². The Bertz CT molecular complexity index is 768. The molecule has 0 spiro atoms. The fourth-order valence-corrected chi connectivity index (χ4v) is 4.43. The maximum atomic E-state index is 6.30. The van der Waals surface area contributed by atoms with Crippen LogP contribution in [0.25, 0.3) is 0 Å². The Kier molecular flexibility index (Phi) is 8.13. The second-order valence-electron chi connectivity index (χ2n) is 7.19. The Morgan fingerprint density at radius 1 is 1.29 bits per heavy atom. The van der Waals surface area contributed by atoms with Crippen LogP contribution >= 0.6 is 22.9 Å². The van der Waals surface area contributed by atoms with Crippen molar-refractivity contribution in [1.29, 1.82) is 0 Å². The van der Waals surface area contributed by atoms with Gasteiger partial charge in [-0.15, -0.1) is 11.3 Å². The van der Waals surface area contributed by atoms with Gasteiger partial charge in [0.1, 0.15) is 5.01 Å². The number of benzene rings is 1. The SMILES string of the molecule is CCc1cnc(CNC(=NC)NCC2CCN(Cc3ccccc3Cl)CC2)s1. The molecule has 28 heavy (non-hydrogen) atoms. The van der Waals surface area contributed by atoms with Crippen molar-refractivity contribution >= 4 is 28.9 Å². The molecule has 7 heteroatoms. The molecule has 5 nitrogen and oxygen atoms in total. The number of hydrogen-bond donors (Lipinski definition) is 2. The predicted molar refractivity (Wildman–Crippen MR) is 119 cm³/mol. The van der Waals surface area contributed by atoms with Crippen molar-refractivity contribution in [2.24, 2.45) is 10.9 Å². The van der Waals surface area contributed by atoms with Gasteiger partial charge in [0.15, 0.2) is 5.96 Å². The van der Waals surface area contributed by atoms with Gasteiger partial charge in [0, 0.05) is 36.2 Å². The summed E-state index contributed by atoms with van der Waals surface area (Å²) >= 11 is 8.06. The summed E-state index contributed by atoms with van der Waals surface area (Å²) < 4.78 is 0. The molecule has 1 saturated heterocycles. The van der Waals surface area contributed by atoms with Crippen LogP contribution in [0.4, 0.5) is 0 Å². The molecule has 1 aromatic heterocycles. The lowest BCUT2D eigenvalue weighted by molar-refractivity contribution is 0.178. The van der Waals surface area contributed by atoms with Crippen LogP contribution in [0.2, 0.25) is 5.02 Å². The quantitative estimate of drug-likeness (QED) is 0.527. The van der Waals surface area contributed by atoms with Crippen LogP contribution in [0.3, 0.4) is 0 Å². The number of nitrogens with zero attached hydrogens (tertiary/aromatic N) is 3. The van der Waals surface area contributed by atoms with Gasteiger partial charge in [-0.25, -0.2) is 4.98 Å². The molecule has 1 aliphatic rings. The number of thiazole rings is 1. The average molecular weight is 420 g/mol. The summed E-state index contributed by atoms with van der Waals surface area (Å²) in [6, 6.07) is 8.14. The number of likely N-dealkylation sites (tertiary alicyclic amines) is 1. The molecule has 152 valence electrons. The fourth-order valence-electron chi connectivity index (χ4n) is 3.43. The van der Waals surface area contributed by atoms with Gasteiger partial charge in [-0.2, -0.15) is 0 Å². The van der Waals surface area contributed by atoms with E-state index < -0.39 is 0 Å². The van der Waals surface area contributed by atoms with Crippen molar-refractivity contribution in [1.82, 2.24) is 20.5 Å². The van der Waals surface area contributed by atoms with E-state index in [2.05, 4.69) is 44.6 Å². The van der Waals surface area contributed by atoms with Crippen LogP contribution < -0.4 is 10.6 Å². The smallest absolute Gasteiger partial charge is 0.191 e. The molecule has 0 radical (unpaired) electrons. The van der Waals surface area contributed by atoms with Crippen molar-refractivity contribution < 1.29 is 0 Å². The normalized spacial score (nSPS) is 16.3. The van der Waals surface area contributed by atoms with Gasteiger partial charge in [0.05, 0.1) is 6.54 Å². The molecule has 0 unspecified atom stereocenters. The van der Waals surface area contributed by atoms with Gasteiger partial charge in [0.25, 0.3) is 0 Å². The van der Waals surface area contributed by atoms with E-state index in [1.165, 1.54) is 23.3 Å². The van der Waals surface area contributed by atoms with E-state index in [-0.39, 0.29) is 0 Å². The highest BCUT2D eigenvalue weighted by molar-refractivity contribution is 7.11. The van der Waals surface area contributed by atoms with Crippen LogP contribution in [0, 0.1) is 5.92 Å². The number of halogens is 1. The minimum Gasteiger partial charge on any atom is -0.356 e. The Morgan fingerprint density at radius 2 is 2.07 bits per heavy atom. The lowest BCUT2D eigenvalue weighted by atomic mass is 9.96. The largest absolute Gasteiger partial charge is 0.356 e. The van der Waals surface area contributed by atoms with E-state index in [1.807, 2.05) is 25.4 Å². The Balaban J connectivity index is 1.37. The first kappa shape index (κ1) is 21.1. The monoisotopic (exact) mass is 419 g/mol. The van der Waals surface area contributed by atoms with Crippen molar-refractivity contribution in [3.63, 3.8) is 0 Å². The van der Waals surface area contributed by atoms with Crippen molar-refractivity contribution in [2.45, 2.75) is 39.3 Å². The number of rotatable bonds is 7. The van der Waals surface area contributed by atoms with Crippen molar-refractivity contribution in [2.75, 3.05) is 26.7 Å². The molecule has 0 amide bonds. The number of aliphatic imine (C=N–C) groups is 1. The molecule has 2 aromatic rings. The van der Waals surface area contributed by atoms with Gasteiger partial charge in [-0.05, 0) is 49.9 Å². The van der Waals surface area contributed by atoms with Crippen LogP contribution in [0.5, 0.6) is 0 Å². The summed E-state index contributed by atoms with van der Waals surface area (Å²) in [7, 11) is 1.82. The lowest BCUT2D eigenvalue weighted by Gasteiger charge is -2.32. The lowest BCUT2D eigenvalue weighted by Crippen LogP contribution is -2.42. The van der Waals surface area contributed by atoms with E-state index >= 15 is 0 Å². The molecule has 1 aromatic carbocycles. The van der Waals surface area contributed by atoms with Crippen LogP contribution in [0.1, 0.15) is 35.2 Å². The zero-order valence-corrected chi connectivity index (χ0v) is 18.3. The molecule has 1 aliphatic heterocycles. The summed E-state index contributed by atoms with van der Waals surface area (Å²) in [5.41, 5.74) is 1.22. The molecule has 0 atom stereocenters. The van der Waals surface area contributed by atoms with Crippen molar-refractivity contribution in [3.8, 4) is 0 Å². The molecule has 3 rings (SSSR count). The van der Waals surface area contributed by atoms with Crippen LogP contribution in [-0.2, 0) is 19.5 Å². The minimum absolute atomic E-state index is 0.674. The van der Waals surface area contributed by atoms with E-state index in [4.69, 9.17) is 11.6 Å². The second kappa shape index (κ2) is 10.8. The van der Waals surface area contributed by atoms with Crippen molar-refractivity contribution in [3.05, 3.63) is 50.9 Å². The third-order valence-corrected chi connectivity index (χ3v) is 6.71. The van der Waals surface area contributed by atoms with E-state index in [0.717, 1.165) is 55.1 Å². The molecule has 1 fully saturated rings. The van der Waals surface area contributed by atoms with Gasteiger partial charge in [0.2, 0.25) is 0 Å². The Hall–Kier alpha value is -1.63. The second-order valence-corrected chi connectivity index (χ2v) is 8.80. The number of guanidine groups is 1. The Labute approximate surface area is 177 Å². The summed E-state index contributed by atoms with van der Waals surface area (Å²) in [5.74, 6) is 1.53. The highest BCUT2D eigenvalue weighted by atomic mass is 35.5. The number of aromatic nitrogens is 1. The third-order valence-electron chi connectivity index (χ3n) is 5.20. The third kappa shape index (κ3) is 6.19. The van der Waals surface area contributed by atoms with Gasteiger partial charge >= 0.3 is 0 Å². The zero-order valence-electron chi connectivity index (χ0n) is 16.7. The summed E-state index contributed by atoms with van der Waals surface area (Å²) in [6.45, 7) is 7.00. The minimum atomic E-state index is 0.674. The standard InChI is InChI=1S/C21H30ClN5S/c1-3-18-13-24-20(28-18)14-26-21(23-2)25-12-16-8-10-27(11-9-16)15-17-6-4-5-7-19(17)22/h4-7,13,16H,3,8-12,14-15H2,1-2H3,(H2,23,25,26). The highest BCUT2D eigenvalue weighted by Crippen LogP contribution is 2.22. The summed E-state index contributed by atoms with van der Waals surface area (Å²) in [5, 5.41) is 8.82. The maximum absolute atomic E-state index is 6.30. The molecule has 0 aliphatic carbocycles. The topological polar surface area (TPSA) is 52.6 Å². The van der Waals surface area contributed by atoms with Crippen LogP contribution in [0.15, 0.2) is 35.5 Å². The number of piperidine rings is 1. The molecule has 2 heterocycles. The number of aryl methyl sites for hydroxylation is 1. The van der Waals surface area contributed by atoms with Crippen LogP contribution in [-0.4, -0.2) is 42.5 Å². The number of nitrogens with one attached hydrogen (secondary N) is 2. The molecule has 0 saturated carbocycles. The molecular weight excluding hydrogens is 390 g/mol. The van der Waals surface area contributed by atoms with E-state index in [0.29, 0.717) is 5.92 Å². The average Bonchev–Trinajstić information content (AvgIpc) is 3.19. The fraction of sp³-hybridized carbons (Fsp3) is 0.524. The first-order valence-electron chi connectivity index (χ1n) is 10.0. The highest BCUT2D eigenvalue weighted by Gasteiger charge is 2.20. The molecular formula is C21H30ClN5S. The number of hydrogen-bond acceptors (Lipinski definition) is 4. The Morgan fingerprint density at radius 3 is 2.75 bits per heavy atom. The molecule has 0 bridgehead atoms. The zero-order chi connectivity index (χ0) is 19.8. The van der Waals surface area contributed by atoms with E-state index in [9.17, 15) is 0 Å².